The molecule has 0 aliphatic carbocycles. The summed E-state index contributed by atoms with van der Waals surface area (Å²) in [5, 5.41) is 3.73. The first kappa shape index (κ1) is 20.8. The zero-order valence-corrected chi connectivity index (χ0v) is 17.8. The lowest BCUT2D eigenvalue weighted by molar-refractivity contribution is -0.134. The van der Waals surface area contributed by atoms with Crippen molar-refractivity contribution in [1.29, 1.82) is 0 Å². The van der Waals surface area contributed by atoms with Crippen LogP contribution in [0.15, 0.2) is 48.5 Å². The number of nitrogens with zero attached hydrogens (tertiary/aromatic N) is 1. The second kappa shape index (κ2) is 8.64. The summed E-state index contributed by atoms with van der Waals surface area (Å²) in [7, 11) is 0. The third-order valence-electron chi connectivity index (χ3n) is 4.32. The minimum absolute atomic E-state index is 0.0108. The summed E-state index contributed by atoms with van der Waals surface area (Å²) in [5.41, 5.74) is 0.889. The fourth-order valence-corrected chi connectivity index (χ4v) is 4.54. The Hall–Kier alpha value is -1.89. The van der Waals surface area contributed by atoms with Crippen molar-refractivity contribution in [2.75, 3.05) is 17.7 Å². The van der Waals surface area contributed by atoms with Gasteiger partial charge in [-0.2, -0.15) is 0 Å². The molecule has 1 heterocycles. The van der Waals surface area contributed by atoms with Crippen molar-refractivity contribution >= 4 is 52.7 Å². The fraction of sp³-hybridized carbons (Fsp3) is 0.300. The molecule has 0 bridgehead atoms. The molecule has 0 radical (unpaired) electrons. The zero-order chi connectivity index (χ0) is 20.3. The summed E-state index contributed by atoms with van der Waals surface area (Å²) in [6.07, 6.45) is -0.585. The van der Waals surface area contributed by atoms with Gasteiger partial charge in [-0.1, -0.05) is 35.3 Å². The highest BCUT2D eigenvalue weighted by molar-refractivity contribution is 8.00. The normalized spacial score (nSPS) is 16.9. The molecular formula is C20H20Cl2N2O3S. The van der Waals surface area contributed by atoms with Crippen LogP contribution < -0.4 is 5.32 Å². The predicted molar refractivity (Wildman–Crippen MR) is 114 cm³/mol. The Labute approximate surface area is 178 Å². The van der Waals surface area contributed by atoms with Gasteiger partial charge >= 0.3 is 6.09 Å². The molecule has 1 fully saturated rings. The van der Waals surface area contributed by atoms with E-state index in [0.29, 0.717) is 21.5 Å². The van der Waals surface area contributed by atoms with E-state index in [4.69, 9.17) is 27.9 Å². The summed E-state index contributed by atoms with van der Waals surface area (Å²) >= 11 is 13.4. The number of rotatable bonds is 5. The Kier molecular flexibility index (Phi) is 6.43. The summed E-state index contributed by atoms with van der Waals surface area (Å²) < 4.78 is 5.40. The molecular weight excluding hydrogens is 419 g/mol. The van der Waals surface area contributed by atoms with Crippen molar-refractivity contribution in [3.05, 3.63) is 64.1 Å². The molecule has 0 unspecified atom stereocenters. The Morgan fingerprint density at radius 2 is 1.71 bits per heavy atom. The van der Waals surface area contributed by atoms with E-state index in [-0.39, 0.29) is 17.9 Å². The van der Waals surface area contributed by atoms with Gasteiger partial charge in [-0.15, -0.1) is 11.8 Å². The molecule has 28 heavy (non-hydrogen) atoms. The van der Waals surface area contributed by atoms with E-state index in [1.807, 2.05) is 38.1 Å². The lowest BCUT2D eigenvalue weighted by atomic mass is 10.0. The molecule has 1 saturated heterocycles. The quantitative estimate of drug-likeness (QED) is 0.660. The average Bonchev–Trinajstić information content (AvgIpc) is 3.05. The number of ether oxygens (including phenoxy) is 1. The van der Waals surface area contributed by atoms with E-state index >= 15 is 0 Å². The minimum Gasteiger partial charge on any atom is -0.447 e. The largest absolute Gasteiger partial charge is 0.447 e. The van der Waals surface area contributed by atoms with Crippen LogP contribution in [-0.4, -0.2) is 34.8 Å². The Balaban J connectivity index is 1.66. The molecule has 1 N–H and O–H groups in total. The van der Waals surface area contributed by atoms with Gasteiger partial charge in [0.05, 0.1) is 11.3 Å². The van der Waals surface area contributed by atoms with Gasteiger partial charge in [0.2, 0.25) is 5.91 Å². The molecule has 0 saturated carbocycles. The van der Waals surface area contributed by atoms with E-state index in [2.05, 4.69) is 5.32 Å². The van der Waals surface area contributed by atoms with Gasteiger partial charge in [0, 0.05) is 15.7 Å². The molecule has 8 heteroatoms. The van der Waals surface area contributed by atoms with E-state index in [1.54, 1.807) is 40.9 Å². The van der Waals surface area contributed by atoms with E-state index < -0.39 is 11.6 Å². The first-order valence-corrected chi connectivity index (χ1v) is 10.5. The van der Waals surface area contributed by atoms with Crippen molar-refractivity contribution in [2.45, 2.75) is 24.8 Å². The fourth-order valence-electron chi connectivity index (χ4n) is 2.95. The number of amides is 2. The second-order valence-corrected chi connectivity index (χ2v) is 8.94. The van der Waals surface area contributed by atoms with Gasteiger partial charge in [0.1, 0.15) is 12.0 Å². The average molecular weight is 439 g/mol. The van der Waals surface area contributed by atoms with Crippen LogP contribution in [0.3, 0.4) is 0 Å². The minimum atomic E-state index is -0.678. The number of halogens is 2. The molecule has 2 aromatic rings. The van der Waals surface area contributed by atoms with Crippen molar-refractivity contribution in [3.8, 4) is 0 Å². The van der Waals surface area contributed by atoms with E-state index in [9.17, 15) is 9.59 Å². The molecule has 0 aromatic heterocycles. The number of anilines is 1. The number of carbonyl (C=O) groups is 2. The van der Waals surface area contributed by atoms with Crippen molar-refractivity contribution in [2.24, 2.45) is 0 Å². The van der Waals surface area contributed by atoms with Crippen LogP contribution in [0, 0.1) is 0 Å². The second-order valence-electron chi connectivity index (χ2n) is 7.00. The van der Waals surface area contributed by atoms with Gasteiger partial charge in [-0.3, -0.25) is 10.1 Å². The first-order chi connectivity index (χ1) is 13.3. The lowest BCUT2D eigenvalue weighted by Crippen LogP contribution is -2.49. The summed E-state index contributed by atoms with van der Waals surface area (Å²) in [6.45, 7) is 3.83. The highest BCUT2D eigenvalue weighted by Gasteiger charge is 2.42. The van der Waals surface area contributed by atoms with Gasteiger partial charge < -0.3 is 9.64 Å². The molecule has 148 valence electrons. The number of nitrogens with one attached hydrogen (secondary N) is 1. The standard InChI is InChI=1S/C20H20Cl2N2O3S/c1-20(2,12-27-19(26)23-16-9-7-15(22)8-10-16)24-17(25)11-28-18(24)13-3-5-14(21)6-4-13/h3-10,18H,11-12H2,1-2H3,(H,23,26)/t18-/m1/s1. The molecule has 1 aliphatic rings. The van der Waals surface area contributed by atoms with Crippen LogP contribution in [0.25, 0.3) is 0 Å². The number of thioether (sulfide) groups is 1. The van der Waals surface area contributed by atoms with Crippen LogP contribution in [-0.2, 0) is 9.53 Å². The Morgan fingerprint density at radius 1 is 1.14 bits per heavy atom. The smallest absolute Gasteiger partial charge is 0.411 e. The molecule has 1 aliphatic heterocycles. The van der Waals surface area contributed by atoms with Crippen LogP contribution >= 0.6 is 35.0 Å². The van der Waals surface area contributed by atoms with Crippen molar-refractivity contribution in [3.63, 3.8) is 0 Å². The SMILES string of the molecule is CC(C)(COC(=O)Nc1ccc(Cl)cc1)N1C(=O)CS[C@@H]1c1ccc(Cl)cc1. The summed E-state index contributed by atoms with van der Waals surface area (Å²) in [6, 6.07) is 14.2. The third-order valence-corrected chi connectivity index (χ3v) is 6.04. The van der Waals surface area contributed by atoms with Gasteiger partial charge in [0.25, 0.3) is 0 Å². The van der Waals surface area contributed by atoms with Gasteiger partial charge in [-0.05, 0) is 55.8 Å². The van der Waals surface area contributed by atoms with Crippen molar-refractivity contribution in [1.82, 2.24) is 4.90 Å². The molecule has 0 spiro atoms. The number of hydrogen-bond acceptors (Lipinski definition) is 4. The number of carbonyl (C=O) groups excluding carboxylic acids is 2. The zero-order valence-electron chi connectivity index (χ0n) is 15.4. The number of hydrogen-bond donors (Lipinski definition) is 1. The van der Waals surface area contributed by atoms with Crippen molar-refractivity contribution < 1.29 is 14.3 Å². The monoisotopic (exact) mass is 438 g/mol. The maximum Gasteiger partial charge on any atom is 0.411 e. The van der Waals surface area contributed by atoms with Crippen LogP contribution in [0.1, 0.15) is 24.8 Å². The third kappa shape index (κ3) is 4.93. The Morgan fingerprint density at radius 3 is 2.32 bits per heavy atom. The maximum absolute atomic E-state index is 12.5. The highest BCUT2D eigenvalue weighted by Crippen LogP contribution is 2.43. The highest BCUT2D eigenvalue weighted by atomic mass is 35.5. The van der Waals surface area contributed by atoms with Gasteiger partial charge in [0.15, 0.2) is 0 Å². The topological polar surface area (TPSA) is 58.6 Å². The molecule has 5 nitrogen and oxygen atoms in total. The molecule has 2 aromatic carbocycles. The Bertz CT molecular complexity index is 857. The molecule has 1 atom stereocenters. The van der Waals surface area contributed by atoms with E-state index in [0.717, 1.165) is 5.56 Å². The number of benzene rings is 2. The van der Waals surface area contributed by atoms with Gasteiger partial charge in [-0.25, -0.2) is 4.79 Å². The van der Waals surface area contributed by atoms with E-state index in [1.165, 1.54) is 0 Å². The lowest BCUT2D eigenvalue weighted by Gasteiger charge is -2.38. The predicted octanol–water partition coefficient (Wildman–Crippen LogP) is 5.59. The molecule has 2 amide bonds. The summed E-state index contributed by atoms with van der Waals surface area (Å²) in [4.78, 5) is 26.5. The summed E-state index contributed by atoms with van der Waals surface area (Å²) in [5.74, 6) is 0.393. The van der Waals surface area contributed by atoms with Crippen LogP contribution in [0.5, 0.6) is 0 Å². The first-order valence-electron chi connectivity index (χ1n) is 8.65. The van der Waals surface area contributed by atoms with Crippen LogP contribution in [0.4, 0.5) is 10.5 Å². The molecule has 3 rings (SSSR count). The maximum atomic E-state index is 12.5. The van der Waals surface area contributed by atoms with Crippen LogP contribution in [0.2, 0.25) is 10.0 Å².